The van der Waals surface area contributed by atoms with Gasteiger partial charge in [0.1, 0.15) is 5.82 Å². The van der Waals surface area contributed by atoms with Crippen molar-refractivity contribution in [2.24, 2.45) is 0 Å². The lowest BCUT2D eigenvalue weighted by atomic mass is 9.97. The van der Waals surface area contributed by atoms with Crippen LogP contribution in [0.4, 0.5) is 15.8 Å². The quantitative estimate of drug-likeness (QED) is 0.682. The van der Waals surface area contributed by atoms with Crippen LogP contribution in [0.3, 0.4) is 0 Å². The molecule has 2 bridgehead atoms. The van der Waals surface area contributed by atoms with E-state index in [0.29, 0.717) is 17.8 Å². The number of non-ortho nitro benzene ring substituents is 1. The average Bonchev–Trinajstić information content (AvgIpc) is 2.61. The molecule has 5 nitrogen and oxygen atoms in total. The molecule has 0 amide bonds. The van der Waals surface area contributed by atoms with Crippen LogP contribution in [-0.4, -0.2) is 35.0 Å². The molecule has 108 valence electrons. The van der Waals surface area contributed by atoms with E-state index in [0.717, 1.165) is 18.9 Å². The third kappa shape index (κ3) is 2.47. The first-order valence-corrected chi connectivity index (χ1v) is 6.96. The highest BCUT2D eigenvalue weighted by Crippen LogP contribution is 2.35. The monoisotopic (exact) mass is 279 g/mol. The van der Waals surface area contributed by atoms with Crippen LogP contribution in [0.5, 0.6) is 0 Å². The zero-order valence-electron chi connectivity index (χ0n) is 11.4. The van der Waals surface area contributed by atoms with Gasteiger partial charge in [0.25, 0.3) is 5.69 Å². The number of anilines is 1. The number of hydrogen-bond acceptors (Lipinski definition) is 4. The SMILES string of the molecule is CN1C2CCC1CC(Nc1cc(F)cc([N+](=O)[O-])c1)C2. The second kappa shape index (κ2) is 5.01. The summed E-state index contributed by atoms with van der Waals surface area (Å²) in [6.07, 6.45) is 4.44. The molecular formula is C14H18FN3O2. The minimum absolute atomic E-state index is 0.205. The molecule has 0 radical (unpaired) electrons. The van der Waals surface area contributed by atoms with Crippen molar-refractivity contribution in [3.05, 3.63) is 34.1 Å². The number of rotatable bonds is 3. The third-order valence-corrected chi connectivity index (χ3v) is 4.56. The molecule has 0 saturated carbocycles. The van der Waals surface area contributed by atoms with Gasteiger partial charge in [0.05, 0.1) is 11.0 Å². The van der Waals surface area contributed by atoms with Crippen LogP contribution in [0.25, 0.3) is 0 Å². The van der Waals surface area contributed by atoms with E-state index in [4.69, 9.17) is 0 Å². The van der Waals surface area contributed by atoms with Crippen LogP contribution in [-0.2, 0) is 0 Å². The molecule has 20 heavy (non-hydrogen) atoms. The van der Waals surface area contributed by atoms with E-state index in [-0.39, 0.29) is 11.7 Å². The first-order chi connectivity index (χ1) is 9.52. The highest BCUT2D eigenvalue weighted by Gasteiger charge is 2.38. The van der Waals surface area contributed by atoms with Crippen LogP contribution >= 0.6 is 0 Å². The maximum Gasteiger partial charge on any atom is 0.274 e. The lowest BCUT2D eigenvalue weighted by Gasteiger charge is -2.37. The van der Waals surface area contributed by atoms with Crippen LogP contribution in [0.1, 0.15) is 25.7 Å². The van der Waals surface area contributed by atoms with Crippen molar-refractivity contribution in [3.8, 4) is 0 Å². The smallest absolute Gasteiger partial charge is 0.274 e. The molecule has 1 N–H and O–H groups in total. The molecular weight excluding hydrogens is 261 g/mol. The van der Waals surface area contributed by atoms with E-state index < -0.39 is 10.7 Å². The second-order valence-electron chi connectivity index (χ2n) is 5.82. The maximum absolute atomic E-state index is 13.4. The Bertz CT molecular complexity index is 523. The van der Waals surface area contributed by atoms with Gasteiger partial charge in [-0.05, 0) is 38.8 Å². The summed E-state index contributed by atoms with van der Waals surface area (Å²) in [4.78, 5) is 12.6. The number of nitro benzene ring substituents is 1. The number of hydrogen-bond donors (Lipinski definition) is 1. The van der Waals surface area contributed by atoms with E-state index >= 15 is 0 Å². The van der Waals surface area contributed by atoms with Gasteiger partial charge in [-0.15, -0.1) is 0 Å². The molecule has 0 aromatic heterocycles. The highest BCUT2D eigenvalue weighted by molar-refractivity contribution is 5.52. The molecule has 1 aromatic carbocycles. The molecule has 2 fully saturated rings. The van der Waals surface area contributed by atoms with Crippen molar-refractivity contribution in [1.82, 2.24) is 4.90 Å². The van der Waals surface area contributed by atoms with Crippen molar-refractivity contribution in [2.75, 3.05) is 12.4 Å². The lowest BCUT2D eigenvalue weighted by Crippen LogP contribution is -2.44. The number of benzene rings is 1. The molecule has 2 heterocycles. The number of piperidine rings is 1. The van der Waals surface area contributed by atoms with Gasteiger partial charge in [-0.1, -0.05) is 0 Å². The Morgan fingerprint density at radius 2 is 1.95 bits per heavy atom. The Labute approximate surface area is 116 Å². The number of nitrogens with zero attached hydrogens (tertiary/aromatic N) is 2. The standard InChI is InChI=1S/C14H18FN3O2/c1-17-12-2-3-13(17)7-11(6-12)16-10-4-9(15)5-14(8-10)18(19)20/h4-5,8,11-13,16H,2-3,6-7H2,1H3. The van der Waals surface area contributed by atoms with Gasteiger partial charge >= 0.3 is 0 Å². The Hall–Kier alpha value is -1.69. The Kier molecular flexibility index (Phi) is 3.33. The summed E-state index contributed by atoms with van der Waals surface area (Å²) >= 11 is 0. The van der Waals surface area contributed by atoms with Crippen LogP contribution < -0.4 is 5.32 Å². The van der Waals surface area contributed by atoms with E-state index in [1.807, 2.05) is 0 Å². The van der Waals surface area contributed by atoms with Crippen molar-refractivity contribution >= 4 is 11.4 Å². The van der Waals surface area contributed by atoms with Gasteiger partial charge < -0.3 is 10.2 Å². The van der Waals surface area contributed by atoms with Crippen LogP contribution in [0, 0.1) is 15.9 Å². The molecule has 0 spiro atoms. The van der Waals surface area contributed by atoms with Gasteiger partial charge in [-0.3, -0.25) is 10.1 Å². The fraction of sp³-hybridized carbons (Fsp3) is 0.571. The number of nitro groups is 1. The van der Waals surface area contributed by atoms with Gasteiger partial charge in [0, 0.05) is 29.9 Å². The van der Waals surface area contributed by atoms with Crippen molar-refractivity contribution < 1.29 is 9.31 Å². The summed E-state index contributed by atoms with van der Waals surface area (Å²) in [5.41, 5.74) is 0.300. The Balaban J connectivity index is 1.74. The fourth-order valence-electron chi connectivity index (χ4n) is 3.53. The first kappa shape index (κ1) is 13.3. The summed E-state index contributed by atoms with van der Waals surface area (Å²) in [5.74, 6) is -0.572. The van der Waals surface area contributed by atoms with E-state index in [1.165, 1.54) is 25.0 Å². The summed E-state index contributed by atoms with van der Waals surface area (Å²) in [5, 5.41) is 14.0. The Morgan fingerprint density at radius 1 is 1.30 bits per heavy atom. The predicted molar refractivity (Wildman–Crippen MR) is 74.3 cm³/mol. The van der Waals surface area contributed by atoms with Crippen molar-refractivity contribution in [2.45, 2.75) is 43.8 Å². The number of halogens is 1. The first-order valence-electron chi connectivity index (χ1n) is 6.96. The number of fused-ring (bicyclic) bond motifs is 2. The summed E-state index contributed by atoms with van der Waals surface area (Å²) in [6.45, 7) is 0. The summed E-state index contributed by atoms with van der Waals surface area (Å²) in [6, 6.07) is 5.11. The molecule has 0 aliphatic carbocycles. The zero-order chi connectivity index (χ0) is 14.3. The molecule has 1 aromatic rings. The number of nitrogens with one attached hydrogen (secondary N) is 1. The van der Waals surface area contributed by atoms with E-state index in [9.17, 15) is 14.5 Å². The maximum atomic E-state index is 13.4. The summed E-state index contributed by atoms with van der Waals surface area (Å²) in [7, 11) is 2.16. The Morgan fingerprint density at radius 3 is 2.55 bits per heavy atom. The zero-order valence-corrected chi connectivity index (χ0v) is 11.4. The minimum Gasteiger partial charge on any atom is -0.382 e. The highest BCUT2D eigenvalue weighted by atomic mass is 19.1. The van der Waals surface area contributed by atoms with Crippen molar-refractivity contribution in [1.29, 1.82) is 0 Å². The molecule has 2 aliphatic rings. The second-order valence-corrected chi connectivity index (χ2v) is 5.82. The normalized spacial score (nSPS) is 29.4. The topological polar surface area (TPSA) is 58.4 Å². The predicted octanol–water partition coefficient (Wildman–Crippen LogP) is 2.77. The van der Waals surface area contributed by atoms with Gasteiger partial charge in [-0.25, -0.2) is 4.39 Å². The molecule has 2 atom stereocenters. The largest absolute Gasteiger partial charge is 0.382 e. The third-order valence-electron chi connectivity index (χ3n) is 4.56. The molecule has 2 saturated heterocycles. The van der Waals surface area contributed by atoms with Gasteiger partial charge in [0.2, 0.25) is 0 Å². The van der Waals surface area contributed by atoms with E-state index in [1.54, 1.807) is 0 Å². The minimum atomic E-state index is -0.572. The van der Waals surface area contributed by atoms with Crippen LogP contribution in [0.2, 0.25) is 0 Å². The van der Waals surface area contributed by atoms with E-state index in [2.05, 4.69) is 17.3 Å². The lowest BCUT2D eigenvalue weighted by molar-refractivity contribution is -0.385. The van der Waals surface area contributed by atoms with Gasteiger partial charge in [0.15, 0.2) is 0 Å². The average molecular weight is 279 g/mol. The fourth-order valence-corrected chi connectivity index (χ4v) is 3.53. The molecule has 6 heteroatoms. The summed E-state index contributed by atoms with van der Waals surface area (Å²) < 4.78 is 13.4. The van der Waals surface area contributed by atoms with Gasteiger partial charge in [-0.2, -0.15) is 0 Å². The molecule has 2 aliphatic heterocycles. The molecule has 3 rings (SSSR count). The van der Waals surface area contributed by atoms with Crippen molar-refractivity contribution in [3.63, 3.8) is 0 Å². The van der Waals surface area contributed by atoms with Crippen LogP contribution in [0.15, 0.2) is 18.2 Å². The molecule has 2 unspecified atom stereocenters.